The van der Waals surface area contributed by atoms with Crippen LogP contribution in [0.3, 0.4) is 0 Å². The van der Waals surface area contributed by atoms with Crippen LogP contribution in [-0.2, 0) is 9.47 Å². The van der Waals surface area contributed by atoms with Crippen LogP contribution in [0.5, 0.6) is 0 Å². The molecule has 1 aliphatic heterocycles. The molecule has 1 heterocycles. The standard InChI is InChI=1S/C9H16O2/c1-2-6-10-7-4-3-5-8-9(7)11-8/h7-9H,2-6H2,1H3/t7-,8+,9-/m1/s1. The smallest absolute Gasteiger partial charge is 0.110 e. The molecule has 1 saturated carbocycles. The van der Waals surface area contributed by atoms with Gasteiger partial charge in [-0.1, -0.05) is 6.92 Å². The molecule has 0 unspecified atom stereocenters. The van der Waals surface area contributed by atoms with E-state index < -0.39 is 0 Å². The van der Waals surface area contributed by atoms with Gasteiger partial charge in [0.25, 0.3) is 0 Å². The topological polar surface area (TPSA) is 21.8 Å². The predicted molar refractivity (Wildman–Crippen MR) is 42.5 cm³/mol. The van der Waals surface area contributed by atoms with Crippen LogP contribution >= 0.6 is 0 Å². The number of ether oxygens (including phenoxy) is 2. The van der Waals surface area contributed by atoms with E-state index in [1.54, 1.807) is 0 Å². The molecule has 0 radical (unpaired) electrons. The van der Waals surface area contributed by atoms with Crippen molar-refractivity contribution in [2.75, 3.05) is 6.61 Å². The van der Waals surface area contributed by atoms with Crippen molar-refractivity contribution < 1.29 is 9.47 Å². The van der Waals surface area contributed by atoms with Crippen molar-refractivity contribution >= 4 is 0 Å². The Balaban J connectivity index is 1.75. The molecule has 1 aliphatic carbocycles. The quantitative estimate of drug-likeness (QED) is 0.580. The second kappa shape index (κ2) is 3.11. The van der Waals surface area contributed by atoms with E-state index in [0.717, 1.165) is 13.0 Å². The first-order chi connectivity index (χ1) is 5.42. The van der Waals surface area contributed by atoms with E-state index in [9.17, 15) is 0 Å². The molecule has 11 heavy (non-hydrogen) atoms. The fourth-order valence-corrected chi connectivity index (χ4v) is 1.85. The lowest BCUT2D eigenvalue weighted by molar-refractivity contribution is 0.0254. The van der Waals surface area contributed by atoms with Gasteiger partial charge in [-0.15, -0.1) is 0 Å². The summed E-state index contributed by atoms with van der Waals surface area (Å²) in [7, 11) is 0. The van der Waals surface area contributed by atoms with Crippen LogP contribution in [0, 0.1) is 0 Å². The van der Waals surface area contributed by atoms with Crippen LogP contribution in [0.4, 0.5) is 0 Å². The molecule has 64 valence electrons. The maximum Gasteiger partial charge on any atom is 0.110 e. The second-order valence-corrected chi connectivity index (χ2v) is 3.48. The lowest BCUT2D eigenvalue weighted by Gasteiger charge is -2.18. The number of epoxide rings is 1. The average Bonchev–Trinajstić information content (AvgIpc) is 2.79. The predicted octanol–water partition coefficient (Wildman–Crippen LogP) is 1.73. The van der Waals surface area contributed by atoms with E-state index >= 15 is 0 Å². The highest BCUT2D eigenvalue weighted by atomic mass is 16.6. The fraction of sp³-hybridized carbons (Fsp3) is 1.00. The molecular formula is C9H16O2. The molecule has 0 spiro atoms. The first-order valence-electron chi connectivity index (χ1n) is 4.69. The molecule has 2 heteroatoms. The molecule has 0 N–H and O–H groups in total. The summed E-state index contributed by atoms with van der Waals surface area (Å²) in [6.45, 7) is 3.05. The molecule has 0 amide bonds. The summed E-state index contributed by atoms with van der Waals surface area (Å²) in [6.07, 6.45) is 6.33. The van der Waals surface area contributed by atoms with Gasteiger partial charge in [-0.3, -0.25) is 0 Å². The van der Waals surface area contributed by atoms with Gasteiger partial charge in [-0.05, 0) is 25.7 Å². The zero-order valence-electron chi connectivity index (χ0n) is 7.08. The minimum atomic E-state index is 0.425. The monoisotopic (exact) mass is 156 g/mol. The van der Waals surface area contributed by atoms with Crippen LogP contribution in [0.1, 0.15) is 32.6 Å². The molecule has 0 aromatic rings. The van der Waals surface area contributed by atoms with Crippen molar-refractivity contribution in [2.45, 2.75) is 50.9 Å². The molecule has 2 aliphatic rings. The Morgan fingerprint density at radius 2 is 2.36 bits per heavy atom. The summed E-state index contributed by atoms with van der Waals surface area (Å²) in [6, 6.07) is 0. The lowest BCUT2D eigenvalue weighted by Crippen LogP contribution is -2.25. The summed E-state index contributed by atoms with van der Waals surface area (Å²) in [4.78, 5) is 0. The van der Waals surface area contributed by atoms with Gasteiger partial charge < -0.3 is 9.47 Å². The zero-order chi connectivity index (χ0) is 7.68. The third kappa shape index (κ3) is 1.57. The summed E-state index contributed by atoms with van der Waals surface area (Å²) < 4.78 is 11.1. The SMILES string of the molecule is CCCO[C@@H]1CCC[C@@H]2O[C@@H]21. The van der Waals surface area contributed by atoms with Crippen LogP contribution in [0.25, 0.3) is 0 Å². The Bertz CT molecular complexity index is 136. The highest BCUT2D eigenvalue weighted by molar-refractivity contribution is 4.95. The van der Waals surface area contributed by atoms with Gasteiger partial charge in [0, 0.05) is 6.61 Å². The number of fused-ring (bicyclic) bond motifs is 1. The molecule has 0 aromatic heterocycles. The van der Waals surface area contributed by atoms with Crippen LogP contribution in [0.15, 0.2) is 0 Å². The molecule has 1 saturated heterocycles. The Morgan fingerprint density at radius 3 is 3.18 bits per heavy atom. The first kappa shape index (κ1) is 7.56. The maximum absolute atomic E-state index is 5.66. The van der Waals surface area contributed by atoms with Crippen LogP contribution in [-0.4, -0.2) is 24.9 Å². The molecule has 3 atom stereocenters. The second-order valence-electron chi connectivity index (χ2n) is 3.48. The van der Waals surface area contributed by atoms with Crippen LogP contribution in [0.2, 0.25) is 0 Å². The molecule has 0 bridgehead atoms. The van der Waals surface area contributed by atoms with Gasteiger partial charge in [0.1, 0.15) is 6.10 Å². The molecule has 2 rings (SSSR count). The molecule has 2 nitrogen and oxygen atoms in total. The minimum absolute atomic E-state index is 0.425. The van der Waals surface area contributed by atoms with E-state index in [0.29, 0.717) is 18.3 Å². The lowest BCUT2D eigenvalue weighted by atomic mass is 9.98. The van der Waals surface area contributed by atoms with E-state index in [1.807, 2.05) is 0 Å². The Morgan fingerprint density at radius 1 is 1.45 bits per heavy atom. The van der Waals surface area contributed by atoms with Crippen molar-refractivity contribution in [1.82, 2.24) is 0 Å². The number of hydrogen-bond donors (Lipinski definition) is 0. The van der Waals surface area contributed by atoms with Gasteiger partial charge >= 0.3 is 0 Å². The molecule has 0 aromatic carbocycles. The van der Waals surface area contributed by atoms with Crippen molar-refractivity contribution in [2.24, 2.45) is 0 Å². The van der Waals surface area contributed by atoms with Gasteiger partial charge in [-0.2, -0.15) is 0 Å². The van der Waals surface area contributed by atoms with E-state index in [1.165, 1.54) is 19.3 Å². The van der Waals surface area contributed by atoms with Gasteiger partial charge in [0.05, 0.1) is 12.2 Å². The average molecular weight is 156 g/mol. The Labute approximate surface area is 67.9 Å². The third-order valence-electron chi connectivity index (χ3n) is 2.50. The fourth-order valence-electron chi connectivity index (χ4n) is 1.85. The van der Waals surface area contributed by atoms with Crippen LogP contribution < -0.4 is 0 Å². The van der Waals surface area contributed by atoms with Crippen molar-refractivity contribution in [3.63, 3.8) is 0 Å². The summed E-state index contributed by atoms with van der Waals surface area (Å²) in [5, 5.41) is 0. The minimum Gasteiger partial charge on any atom is -0.375 e. The number of hydrogen-bond acceptors (Lipinski definition) is 2. The molecular weight excluding hydrogens is 140 g/mol. The van der Waals surface area contributed by atoms with E-state index in [2.05, 4.69) is 6.92 Å². The highest BCUT2D eigenvalue weighted by Gasteiger charge is 2.47. The summed E-state index contributed by atoms with van der Waals surface area (Å²) in [5.74, 6) is 0. The third-order valence-corrected chi connectivity index (χ3v) is 2.50. The van der Waals surface area contributed by atoms with E-state index in [4.69, 9.17) is 9.47 Å². The highest BCUT2D eigenvalue weighted by Crippen LogP contribution is 2.38. The Hall–Kier alpha value is -0.0800. The van der Waals surface area contributed by atoms with Gasteiger partial charge in [0.15, 0.2) is 0 Å². The normalized spacial score (nSPS) is 41.7. The molecule has 2 fully saturated rings. The van der Waals surface area contributed by atoms with E-state index in [-0.39, 0.29) is 0 Å². The van der Waals surface area contributed by atoms with Crippen molar-refractivity contribution in [3.05, 3.63) is 0 Å². The van der Waals surface area contributed by atoms with Crippen molar-refractivity contribution in [1.29, 1.82) is 0 Å². The van der Waals surface area contributed by atoms with Gasteiger partial charge in [-0.25, -0.2) is 0 Å². The largest absolute Gasteiger partial charge is 0.375 e. The first-order valence-corrected chi connectivity index (χ1v) is 4.69. The number of rotatable bonds is 3. The summed E-state index contributed by atoms with van der Waals surface area (Å²) in [5.41, 5.74) is 0. The Kier molecular flexibility index (Phi) is 2.14. The maximum atomic E-state index is 5.66. The van der Waals surface area contributed by atoms with Crippen molar-refractivity contribution in [3.8, 4) is 0 Å². The van der Waals surface area contributed by atoms with Gasteiger partial charge in [0.2, 0.25) is 0 Å². The summed E-state index contributed by atoms with van der Waals surface area (Å²) >= 11 is 0. The zero-order valence-corrected chi connectivity index (χ0v) is 7.08.